The van der Waals surface area contributed by atoms with E-state index < -0.39 is 5.92 Å². The van der Waals surface area contributed by atoms with Crippen LogP contribution < -0.4 is 9.47 Å². The first-order chi connectivity index (χ1) is 11.0. The predicted molar refractivity (Wildman–Crippen MR) is 84.3 cm³/mol. The second-order valence-electron chi connectivity index (χ2n) is 5.54. The molecule has 1 aromatic carbocycles. The molecule has 0 aliphatic carbocycles. The van der Waals surface area contributed by atoms with E-state index in [1.807, 2.05) is 12.1 Å². The van der Waals surface area contributed by atoms with Gasteiger partial charge in [-0.05, 0) is 19.1 Å². The van der Waals surface area contributed by atoms with Crippen molar-refractivity contribution in [1.29, 1.82) is 0 Å². The summed E-state index contributed by atoms with van der Waals surface area (Å²) in [6, 6.07) is 5.47. The van der Waals surface area contributed by atoms with Gasteiger partial charge in [0.1, 0.15) is 11.5 Å². The fraction of sp³-hybridized carbons (Fsp3) is 0.529. The van der Waals surface area contributed by atoms with Gasteiger partial charge in [-0.3, -0.25) is 9.59 Å². The van der Waals surface area contributed by atoms with E-state index in [4.69, 9.17) is 14.2 Å². The zero-order chi connectivity index (χ0) is 17.0. The normalized spacial score (nSPS) is 20.5. The quantitative estimate of drug-likeness (QED) is 0.748. The van der Waals surface area contributed by atoms with Gasteiger partial charge in [0.25, 0.3) is 0 Å². The molecule has 0 spiro atoms. The van der Waals surface area contributed by atoms with Crippen molar-refractivity contribution < 1.29 is 23.8 Å². The summed E-state index contributed by atoms with van der Waals surface area (Å²) in [5.41, 5.74) is 0.873. The summed E-state index contributed by atoms with van der Waals surface area (Å²) in [5, 5.41) is 0. The third kappa shape index (κ3) is 3.57. The van der Waals surface area contributed by atoms with Gasteiger partial charge in [0.15, 0.2) is 0 Å². The standard InChI is InChI=1S/C17H23NO5/c1-5-23-17(20)14-10-18(16(19)11(14)2)9-12-6-7-13(21-3)8-15(12)22-4/h6-8,11,14H,5,9-10H2,1-4H3/t11-,14+/m0/s1. The monoisotopic (exact) mass is 321 g/mol. The summed E-state index contributed by atoms with van der Waals surface area (Å²) in [5.74, 6) is 0.226. The van der Waals surface area contributed by atoms with Crippen LogP contribution in [0, 0.1) is 11.8 Å². The molecule has 6 heteroatoms. The highest BCUT2D eigenvalue weighted by Crippen LogP contribution is 2.31. The van der Waals surface area contributed by atoms with E-state index in [0.717, 1.165) is 5.56 Å². The summed E-state index contributed by atoms with van der Waals surface area (Å²) in [4.78, 5) is 26.0. The first-order valence-corrected chi connectivity index (χ1v) is 7.68. The Kier molecular flexibility index (Phi) is 5.47. The number of likely N-dealkylation sites (tertiary alicyclic amines) is 1. The molecule has 1 heterocycles. The third-order valence-electron chi connectivity index (χ3n) is 4.17. The highest BCUT2D eigenvalue weighted by molar-refractivity contribution is 5.88. The van der Waals surface area contributed by atoms with E-state index in [-0.39, 0.29) is 17.8 Å². The molecule has 1 amide bonds. The lowest BCUT2D eigenvalue weighted by Gasteiger charge is -2.18. The Hall–Kier alpha value is -2.24. The van der Waals surface area contributed by atoms with Crippen molar-refractivity contribution in [3.05, 3.63) is 23.8 Å². The van der Waals surface area contributed by atoms with Gasteiger partial charge in [0.05, 0.1) is 32.7 Å². The van der Waals surface area contributed by atoms with E-state index in [1.165, 1.54) is 0 Å². The number of esters is 1. The summed E-state index contributed by atoms with van der Waals surface area (Å²) in [6.07, 6.45) is 0. The molecule has 0 aromatic heterocycles. The lowest BCUT2D eigenvalue weighted by Crippen LogP contribution is -2.26. The number of hydrogen-bond donors (Lipinski definition) is 0. The minimum absolute atomic E-state index is 0.0408. The predicted octanol–water partition coefficient (Wildman–Crippen LogP) is 1.86. The SMILES string of the molecule is CCOC(=O)[C@@H]1CN(Cc2ccc(OC)cc2OC)C(=O)[C@H]1C. The number of benzene rings is 1. The number of nitrogens with zero attached hydrogens (tertiary/aromatic N) is 1. The van der Waals surface area contributed by atoms with Crippen LogP contribution in [0.15, 0.2) is 18.2 Å². The number of methoxy groups -OCH3 is 2. The molecule has 6 nitrogen and oxygen atoms in total. The van der Waals surface area contributed by atoms with Crippen molar-refractivity contribution >= 4 is 11.9 Å². The molecule has 0 bridgehead atoms. The molecular weight excluding hydrogens is 298 g/mol. The molecule has 2 atom stereocenters. The lowest BCUT2D eigenvalue weighted by atomic mass is 9.98. The second-order valence-corrected chi connectivity index (χ2v) is 5.54. The average molecular weight is 321 g/mol. The van der Waals surface area contributed by atoms with E-state index in [1.54, 1.807) is 39.0 Å². The van der Waals surface area contributed by atoms with Crippen LogP contribution in [0.25, 0.3) is 0 Å². The molecule has 0 radical (unpaired) electrons. The van der Waals surface area contributed by atoms with E-state index in [0.29, 0.717) is 31.2 Å². The number of hydrogen-bond acceptors (Lipinski definition) is 5. The van der Waals surface area contributed by atoms with E-state index >= 15 is 0 Å². The van der Waals surface area contributed by atoms with Crippen LogP contribution >= 0.6 is 0 Å². The van der Waals surface area contributed by atoms with Gasteiger partial charge in [-0.2, -0.15) is 0 Å². The molecule has 1 aliphatic rings. The van der Waals surface area contributed by atoms with E-state index in [9.17, 15) is 9.59 Å². The van der Waals surface area contributed by atoms with Crippen molar-refractivity contribution in [2.75, 3.05) is 27.4 Å². The molecule has 1 fully saturated rings. The van der Waals surface area contributed by atoms with Crippen molar-refractivity contribution in [3.63, 3.8) is 0 Å². The van der Waals surface area contributed by atoms with Gasteiger partial charge in [0, 0.05) is 24.7 Å². The molecule has 0 N–H and O–H groups in total. The molecule has 1 saturated heterocycles. The zero-order valence-electron chi connectivity index (χ0n) is 14.0. The van der Waals surface area contributed by atoms with Crippen molar-refractivity contribution in [2.45, 2.75) is 20.4 Å². The first kappa shape index (κ1) is 17.1. The number of ether oxygens (including phenoxy) is 3. The van der Waals surface area contributed by atoms with Gasteiger partial charge < -0.3 is 19.1 Å². The van der Waals surface area contributed by atoms with Crippen LogP contribution in [0.2, 0.25) is 0 Å². The Balaban J connectivity index is 2.14. The largest absolute Gasteiger partial charge is 0.497 e. The molecule has 1 aromatic rings. The van der Waals surface area contributed by atoms with Crippen molar-refractivity contribution in [3.8, 4) is 11.5 Å². The maximum absolute atomic E-state index is 12.4. The van der Waals surface area contributed by atoms with Crippen LogP contribution in [0.4, 0.5) is 0 Å². The Morgan fingerprint density at radius 2 is 2.04 bits per heavy atom. The Morgan fingerprint density at radius 1 is 1.30 bits per heavy atom. The summed E-state index contributed by atoms with van der Waals surface area (Å²) < 4.78 is 15.6. The Labute approximate surface area is 136 Å². The third-order valence-corrected chi connectivity index (χ3v) is 4.17. The van der Waals surface area contributed by atoms with Crippen LogP contribution in [-0.2, 0) is 20.9 Å². The second kappa shape index (κ2) is 7.35. The van der Waals surface area contributed by atoms with Crippen molar-refractivity contribution in [1.82, 2.24) is 4.90 Å². The van der Waals surface area contributed by atoms with Crippen LogP contribution in [0.3, 0.4) is 0 Å². The average Bonchev–Trinajstić information content (AvgIpc) is 2.84. The molecule has 126 valence electrons. The molecular formula is C17H23NO5. The first-order valence-electron chi connectivity index (χ1n) is 7.68. The highest BCUT2D eigenvalue weighted by Gasteiger charge is 2.42. The summed E-state index contributed by atoms with van der Waals surface area (Å²) in [6.45, 7) is 4.62. The van der Waals surface area contributed by atoms with Gasteiger partial charge in [-0.1, -0.05) is 6.92 Å². The van der Waals surface area contributed by atoms with Crippen molar-refractivity contribution in [2.24, 2.45) is 11.8 Å². The van der Waals surface area contributed by atoms with Crippen LogP contribution in [0.1, 0.15) is 19.4 Å². The van der Waals surface area contributed by atoms with Gasteiger partial charge in [-0.25, -0.2) is 0 Å². The fourth-order valence-electron chi connectivity index (χ4n) is 2.80. The van der Waals surface area contributed by atoms with E-state index in [2.05, 4.69) is 0 Å². The number of amides is 1. The molecule has 1 aliphatic heterocycles. The number of carbonyl (C=O) groups is 2. The lowest BCUT2D eigenvalue weighted by molar-refractivity contribution is -0.149. The maximum atomic E-state index is 12.4. The minimum Gasteiger partial charge on any atom is -0.497 e. The summed E-state index contributed by atoms with van der Waals surface area (Å²) in [7, 11) is 3.16. The molecule has 23 heavy (non-hydrogen) atoms. The smallest absolute Gasteiger partial charge is 0.311 e. The molecule has 2 rings (SSSR count). The summed E-state index contributed by atoms with van der Waals surface area (Å²) >= 11 is 0. The highest BCUT2D eigenvalue weighted by atomic mass is 16.5. The van der Waals surface area contributed by atoms with Gasteiger partial charge in [0.2, 0.25) is 5.91 Å². The zero-order valence-corrected chi connectivity index (χ0v) is 14.0. The number of carbonyl (C=O) groups excluding carboxylic acids is 2. The van der Waals surface area contributed by atoms with Gasteiger partial charge in [-0.15, -0.1) is 0 Å². The maximum Gasteiger partial charge on any atom is 0.311 e. The number of rotatable bonds is 6. The minimum atomic E-state index is -0.410. The molecule has 0 saturated carbocycles. The topological polar surface area (TPSA) is 65.1 Å². The Bertz CT molecular complexity index is 586. The van der Waals surface area contributed by atoms with Crippen LogP contribution in [-0.4, -0.2) is 44.1 Å². The van der Waals surface area contributed by atoms with Gasteiger partial charge >= 0.3 is 5.97 Å². The Morgan fingerprint density at radius 3 is 2.65 bits per heavy atom. The fourth-order valence-corrected chi connectivity index (χ4v) is 2.80. The molecule has 0 unspecified atom stereocenters. The van der Waals surface area contributed by atoms with Crippen LogP contribution in [0.5, 0.6) is 11.5 Å².